The first-order valence-electron chi connectivity index (χ1n) is 11.0. The van der Waals surface area contributed by atoms with E-state index in [1.54, 1.807) is 0 Å². The molecule has 0 aromatic heterocycles. The molecular weight excluding hydrogens is 400 g/mol. The minimum absolute atomic E-state index is 0.0509. The van der Waals surface area contributed by atoms with Gasteiger partial charge in [0.25, 0.3) is 10.2 Å². The zero-order chi connectivity index (χ0) is 22.5. The minimum atomic E-state index is -3.42. The highest BCUT2D eigenvalue weighted by molar-refractivity contribution is 7.86. The third-order valence-corrected chi connectivity index (χ3v) is 7.88. The fraction of sp³-hybridized carbons (Fsp3) is 0.682. The van der Waals surface area contributed by atoms with Gasteiger partial charge in [0.2, 0.25) is 5.91 Å². The van der Waals surface area contributed by atoms with Gasteiger partial charge in [-0.25, -0.2) is 0 Å². The first kappa shape index (κ1) is 24.8. The maximum absolute atomic E-state index is 12.8. The van der Waals surface area contributed by atoms with Crippen molar-refractivity contribution in [2.45, 2.75) is 53.4 Å². The van der Waals surface area contributed by atoms with Crippen LogP contribution in [0.4, 0.5) is 5.69 Å². The Morgan fingerprint density at radius 3 is 1.93 bits per heavy atom. The van der Waals surface area contributed by atoms with Crippen LogP contribution in [-0.4, -0.2) is 73.6 Å². The second-order valence-electron chi connectivity index (χ2n) is 8.44. The van der Waals surface area contributed by atoms with Crippen LogP contribution in [0.3, 0.4) is 0 Å². The number of nitrogens with one attached hydrogen (secondary N) is 1. The van der Waals surface area contributed by atoms with Gasteiger partial charge >= 0.3 is 0 Å². The topological polar surface area (TPSA) is 73.0 Å². The smallest absolute Gasteiger partial charge is 0.282 e. The van der Waals surface area contributed by atoms with E-state index in [0.29, 0.717) is 51.1 Å². The summed E-state index contributed by atoms with van der Waals surface area (Å²) in [5, 5.41) is 3.15. The molecule has 1 aliphatic heterocycles. The van der Waals surface area contributed by atoms with Crippen molar-refractivity contribution in [3.8, 4) is 0 Å². The van der Waals surface area contributed by atoms with E-state index < -0.39 is 10.2 Å². The highest BCUT2D eigenvalue weighted by Crippen LogP contribution is 2.32. The molecule has 0 unspecified atom stereocenters. The molecule has 30 heavy (non-hydrogen) atoms. The lowest BCUT2D eigenvalue weighted by atomic mass is 9.92. The Balaban J connectivity index is 2.02. The summed E-state index contributed by atoms with van der Waals surface area (Å²) in [7, 11) is -3.42. The third-order valence-electron chi connectivity index (χ3n) is 5.69. The molecule has 1 aromatic carbocycles. The van der Waals surface area contributed by atoms with Gasteiger partial charge < -0.3 is 5.32 Å². The molecule has 1 heterocycles. The number of nitrogens with zero attached hydrogens (tertiary/aromatic N) is 3. The van der Waals surface area contributed by atoms with Gasteiger partial charge in [-0.15, -0.1) is 0 Å². The van der Waals surface area contributed by atoms with Gasteiger partial charge in [-0.1, -0.05) is 59.7 Å². The molecule has 8 heteroatoms. The second kappa shape index (κ2) is 10.7. The predicted molar refractivity (Wildman–Crippen MR) is 123 cm³/mol. The van der Waals surface area contributed by atoms with Gasteiger partial charge in [-0.3, -0.25) is 9.69 Å². The monoisotopic (exact) mass is 438 g/mol. The third kappa shape index (κ3) is 5.81. The van der Waals surface area contributed by atoms with E-state index in [1.165, 1.54) is 8.61 Å². The molecule has 7 nitrogen and oxygen atoms in total. The fourth-order valence-corrected chi connectivity index (χ4v) is 5.51. The fourth-order valence-electron chi connectivity index (χ4n) is 3.91. The van der Waals surface area contributed by atoms with Crippen molar-refractivity contribution in [2.24, 2.45) is 0 Å². The van der Waals surface area contributed by atoms with Crippen molar-refractivity contribution in [3.63, 3.8) is 0 Å². The maximum Gasteiger partial charge on any atom is 0.282 e. The molecule has 1 aliphatic rings. The zero-order valence-corrected chi connectivity index (χ0v) is 20.1. The lowest BCUT2D eigenvalue weighted by Crippen LogP contribution is -2.54. The number of hydrogen-bond acceptors (Lipinski definition) is 4. The molecule has 0 saturated carbocycles. The Morgan fingerprint density at radius 2 is 1.50 bits per heavy atom. The number of piperazine rings is 1. The number of rotatable bonds is 9. The summed E-state index contributed by atoms with van der Waals surface area (Å²) >= 11 is 0. The molecule has 1 saturated heterocycles. The molecule has 0 spiro atoms. The highest BCUT2D eigenvalue weighted by atomic mass is 32.2. The number of amides is 1. The van der Waals surface area contributed by atoms with Crippen LogP contribution in [-0.2, 0) is 15.0 Å². The number of anilines is 1. The van der Waals surface area contributed by atoms with E-state index in [4.69, 9.17) is 0 Å². The van der Waals surface area contributed by atoms with Gasteiger partial charge in [0, 0.05) is 45.0 Å². The Kier molecular flexibility index (Phi) is 8.85. The molecule has 1 fully saturated rings. The van der Waals surface area contributed by atoms with Crippen LogP contribution in [0.25, 0.3) is 0 Å². The predicted octanol–water partition coefficient (Wildman–Crippen LogP) is 3.08. The summed E-state index contributed by atoms with van der Waals surface area (Å²) in [5.74, 6) is 0.575. The molecule has 1 amide bonds. The molecule has 0 atom stereocenters. The maximum atomic E-state index is 12.8. The summed E-state index contributed by atoms with van der Waals surface area (Å²) in [5.41, 5.74) is 3.21. The van der Waals surface area contributed by atoms with Crippen molar-refractivity contribution < 1.29 is 13.2 Å². The summed E-state index contributed by atoms with van der Waals surface area (Å²) in [6.07, 6.45) is 0. The second-order valence-corrected chi connectivity index (χ2v) is 10.4. The number of carbonyl (C=O) groups excluding carboxylic acids is 1. The van der Waals surface area contributed by atoms with Crippen molar-refractivity contribution in [1.29, 1.82) is 0 Å². The van der Waals surface area contributed by atoms with E-state index in [9.17, 15) is 13.2 Å². The number of para-hydroxylation sites is 1. The lowest BCUT2D eigenvalue weighted by Gasteiger charge is -2.36. The van der Waals surface area contributed by atoms with Gasteiger partial charge in [-0.2, -0.15) is 17.0 Å². The van der Waals surface area contributed by atoms with Crippen molar-refractivity contribution in [1.82, 2.24) is 13.5 Å². The molecule has 1 N–H and O–H groups in total. The normalized spacial score (nSPS) is 16.6. The number of carbonyl (C=O) groups is 1. The summed E-state index contributed by atoms with van der Waals surface area (Å²) in [6, 6.07) is 6.20. The molecular formula is C22H38N4O3S. The standard InChI is InChI=1S/C22H38N4O3S/c1-7-25(8-2)30(28,29)26-14-12-24(13-15-26)16-21(27)23-22-19(17(3)4)10-9-11-20(22)18(5)6/h9-11,17-18H,7-8,12-16H2,1-6H3,(H,23,27). The van der Waals surface area contributed by atoms with E-state index in [-0.39, 0.29) is 12.5 Å². The Morgan fingerprint density at radius 1 is 1.00 bits per heavy atom. The van der Waals surface area contributed by atoms with E-state index >= 15 is 0 Å². The molecule has 1 aromatic rings. The zero-order valence-electron chi connectivity index (χ0n) is 19.3. The average Bonchev–Trinajstić information content (AvgIpc) is 2.68. The Hall–Kier alpha value is -1.48. The molecule has 2 rings (SSSR count). The van der Waals surface area contributed by atoms with Gasteiger partial charge in [0.15, 0.2) is 0 Å². The Bertz CT molecular complexity index is 785. The first-order chi connectivity index (χ1) is 14.1. The van der Waals surface area contributed by atoms with Crippen LogP contribution in [0.15, 0.2) is 18.2 Å². The average molecular weight is 439 g/mol. The largest absolute Gasteiger partial charge is 0.324 e. The molecule has 0 aliphatic carbocycles. The van der Waals surface area contributed by atoms with Gasteiger partial charge in [-0.05, 0) is 23.0 Å². The van der Waals surface area contributed by atoms with E-state index in [2.05, 4.69) is 51.2 Å². The SMILES string of the molecule is CCN(CC)S(=O)(=O)N1CCN(CC(=O)Nc2c(C(C)C)cccc2C(C)C)CC1. The number of hydrogen-bond donors (Lipinski definition) is 1. The van der Waals surface area contributed by atoms with Crippen molar-refractivity contribution in [3.05, 3.63) is 29.3 Å². The number of benzene rings is 1. The van der Waals surface area contributed by atoms with Crippen LogP contribution in [0.2, 0.25) is 0 Å². The van der Waals surface area contributed by atoms with Crippen LogP contribution in [0, 0.1) is 0 Å². The lowest BCUT2D eigenvalue weighted by molar-refractivity contribution is -0.117. The summed E-state index contributed by atoms with van der Waals surface area (Å²) in [4.78, 5) is 14.8. The first-order valence-corrected chi connectivity index (χ1v) is 12.4. The molecule has 0 bridgehead atoms. The van der Waals surface area contributed by atoms with E-state index in [1.807, 2.05) is 18.7 Å². The van der Waals surface area contributed by atoms with Crippen LogP contribution >= 0.6 is 0 Å². The van der Waals surface area contributed by atoms with Gasteiger partial charge in [0.1, 0.15) is 0 Å². The minimum Gasteiger partial charge on any atom is -0.324 e. The Labute approximate surface area is 182 Å². The quantitative estimate of drug-likeness (QED) is 0.643. The van der Waals surface area contributed by atoms with Gasteiger partial charge in [0.05, 0.1) is 6.54 Å². The molecule has 170 valence electrons. The van der Waals surface area contributed by atoms with Crippen molar-refractivity contribution in [2.75, 3.05) is 51.1 Å². The summed E-state index contributed by atoms with van der Waals surface area (Å²) < 4.78 is 28.4. The van der Waals surface area contributed by atoms with E-state index in [0.717, 1.165) is 16.8 Å². The molecule has 0 radical (unpaired) electrons. The van der Waals surface area contributed by atoms with Crippen LogP contribution in [0.1, 0.15) is 64.5 Å². The van der Waals surface area contributed by atoms with Crippen LogP contribution in [0.5, 0.6) is 0 Å². The summed E-state index contributed by atoms with van der Waals surface area (Å²) in [6.45, 7) is 15.3. The van der Waals surface area contributed by atoms with Crippen LogP contribution < -0.4 is 5.32 Å². The highest BCUT2D eigenvalue weighted by Gasteiger charge is 2.31. The van der Waals surface area contributed by atoms with Crippen molar-refractivity contribution >= 4 is 21.8 Å².